The van der Waals surface area contributed by atoms with Crippen LogP contribution in [0.4, 0.5) is 0 Å². The van der Waals surface area contributed by atoms with E-state index in [1.807, 2.05) is 0 Å². The molecule has 42 heavy (non-hydrogen) atoms. The fourth-order valence-electron chi connectivity index (χ4n) is 6.85. The maximum Gasteiger partial charge on any atom is 0.0607 e. The topological polar surface area (TPSA) is 9.86 Å². The molecule has 0 amide bonds. The molecule has 7 aromatic carbocycles. The van der Waals surface area contributed by atoms with Gasteiger partial charge in [0.25, 0.3) is 0 Å². The largest absolute Gasteiger partial charge is 0.316 e. The van der Waals surface area contributed by atoms with E-state index >= 15 is 0 Å². The molecule has 2 nitrogen and oxygen atoms in total. The Hall–Kier alpha value is -5.60. The second-order valence-corrected chi connectivity index (χ2v) is 11.0. The number of aromatic nitrogens is 2. The summed E-state index contributed by atoms with van der Waals surface area (Å²) in [6.07, 6.45) is 2.19. The molecule has 0 radical (unpaired) electrons. The third-order valence-corrected chi connectivity index (χ3v) is 8.71. The summed E-state index contributed by atoms with van der Waals surface area (Å²) >= 11 is 0. The molecular formula is C40H26N2. The van der Waals surface area contributed by atoms with Gasteiger partial charge in [-0.25, -0.2) is 0 Å². The summed E-state index contributed by atoms with van der Waals surface area (Å²) in [6, 6.07) is 55.0. The normalized spacial score (nSPS) is 11.8. The Balaban J connectivity index is 1.43. The summed E-state index contributed by atoms with van der Waals surface area (Å²) in [4.78, 5) is 0. The minimum Gasteiger partial charge on any atom is -0.316 e. The summed E-state index contributed by atoms with van der Waals surface area (Å²) < 4.78 is 4.77. The van der Waals surface area contributed by atoms with E-state index in [4.69, 9.17) is 0 Å². The Morgan fingerprint density at radius 1 is 0.381 bits per heavy atom. The van der Waals surface area contributed by atoms with Gasteiger partial charge < -0.3 is 9.13 Å². The van der Waals surface area contributed by atoms with Gasteiger partial charge in [-0.1, -0.05) is 109 Å². The molecule has 0 N–H and O–H groups in total. The van der Waals surface area contributed by atoms with Crippen molar-refractivity contribution in [3.05, 3.63) is 158 Å². The minimum absolute atomic E-state index is 1.17. The maximum atomic E-state index is 2.45. The van der Waals surface area contributed by atoms with E-state index in [2.05, 4.69) is 167 Å². The van der Waals surface area contributed by atoms with Gasteiger partial charge in [-0.3, -0.25) is 0 Å². The third kappa shape index (κ3) is 3.33. The molecule has 0 aliphatic heterocycles. The number of benzene rings is 7. The van der Waals surface area contributed by atoms with E-state index in [0.29, 0.717) is 0 Å². The first-order valence-corrected chi connectivity index (χ1v) is 14.5. The molecule has 0 unspecified atom stereocenters. The fraction of sp³-hybridized carbons (Fsp3) is 0. The SMILES string of the molecule is c1ccc(-c2cccc(-n3c4ccc5ccccc5c4c4c5ccc6ccn(-c7ccccc7)c6c5ccc43)c2)cc1. The summed E-state index contributed by atoms with van der Waals surface area (Å²) in [7, 11) is 0. The molecule has 2 heterocycles. The highest BCUT2D eigenvalue weighted by Gasteiger charge is 2.19. The first kappa shape index (κ1) is 23.1. The molecule has 0 aliphatic carbocycles. The Labute approximate surface area is 243 Å². The molecule has 0 bridgehead atoms. The molecule has 0 saturated heterocycles. The lowest BCUT2D eigenvalue weighted by Crippen LogP contribution is -1.95. The third-order valence-electron chi connectivity index (χ3n) is 8.71. The van der Waals surface area contributed by atoms with Crippen molar-refractivity contribution >= 4 is 54.3 Å². The van der Waals surface area contributed by atoms with Gasteiger partial charge >= 0.3 is 0 Å². The van der Waals surface area contributed by atoms with Gasteiger partial charge in [0, 0.05) is 39.1 Å². The standard InChI is InChI=1S/C40H26N2/c1-3-10-27(11-4-1)30-13-9-16-32(26-30)42-36-22-19-28-12-7-8-17-33(28)38(36)39-34-20-18-29-24-25-41(31-14-5-2-6-15-31)40(29)35(34)21-23-37(39)42/h1-26H. The molecule has 0 atom stereocenters. The lowest BCUT2D eigenvalue weighted by atomic mass is 9.98. The second kappa shape index (κ2) is 8.95. The Morgan fingerprint density at radius 3 is 1.88 bits per heavy atom. The van der Waals surface area contributed by atoms with Crippen LogP contribution in [0.15, 0.2) is 158 Å². The van der Waals surface area contributed by atoms with Crippen LogP contribution < -0.4 is 0 Å². The monoisotopic (exact) mass is 534 g/mol. The van der Waals surface area contributed by atoms with Gasteiger partial charge in [-0.15, -0.1) is 0 Å². The summed E-state index contributed by atoms with van der Waals surface area (Å²) in [5.41, 5.74) is 8.46. The molecule has 0 spiro atoms. The summed E-state index contributed by atoms with van der Waals surface area (Å²) in [5, 5.41) is 8.92. The average molecular weight is 535 g/mol. The van der Waals surface area contributed by atoms with Crippen LogP contribution in [0.25, 0.3) is 76.8 Å². The van der Waals surface area contributed by atoms with Crippen LogP contribution in [0.2, 0.25) is 0 Å². The molecular weight excluding hydrogens is 508 g/mol. The minimum atomic E-state index is 1.17. The van der Waals surface area contributed by atoms with Crippen molar-refractivity contribution in [2.24, 2.45) is 0 Å². The van der Waals surface area contributed by atoms with E-state index < -0.39 is 0 Å². The van der Waals surface area contributed by atoms with Crippen LogP contribution in [0.5, 0.6) is 0 Å². The zero-order valence-corrected chi connectivity index (χ0v) is 22.9. The first-order valence-electron chi connectivity index (χ1n) is 14.5. The van der Waals surface area contributed by atoms with E-state index in [1.54, 1.807) is 0 Å². The highest BCUT2D eigenvalue weighted by atomic mass is 15.0. The van der Waals surface area contributed by atoms with Gasteiger partial charge in [-0.2, -0.15) is 0 Å². The molecule has 9 aromatic rings. The molecule has 0 aliphatic rings. The Kier molecular flexibility index (Phi) is 4.93. The van der Waals surface area contributed by atoms with Crippen molar-refractivity contribution in [1.82, 2.24) is 9.13 Å². The van der Waals surface area contributed by atoms with Crippen molar-refractivity contribution in [2.45, 2.75) is 0 Å². The lowest BCUT2D eigenvalue weighted by Gasteiger charge is -2.12. The number of para-hydroxylation sites is 1. The van der Waals surface area contributed by atoms with Crippen molar-refractivity contribution in [2.75, 3.05) is 0 Å². The fourth-order valence-corrected chi connectivity index (χ4v) is 6.85. The zero-order valence-electron chi connectivity index (χ0n) is 22.9. The number of nitrogens with zero attached hydrogens (tertiary/aromatic N) is 2. The van der Waals surface area contributed by atoms with Gasteiger partial charge in [0.2, 0.25) is 0 Å². The van der Waals surface area contributed by atoms with Crippen molar-refractivity contribution in [3.8, 4) is 22.5 Å². The van der Waals surface area contributed by atoms with E-state index in [-0.39, 0.29) is 0 Å². The lowest BCUT2D eigenvalue weighted by molar-refractivity contribution is 1.13. The first-order chi connectivity index (χ1) is 20.8. The van der Waals surface area contributed by atoms with Crippen molar-refractivity contribution in [3.63, 3.8) is 0 Å². The van der Waals surface area contributed by atoms with Gasteiger partial charge in [-0.05, 0) is 69.8 Å². The Bertz CT molecular complexity index is 2440. The van der Waals surface area contributed by atoms with Crippen LogP contribution in [-0.4, -0.2) is 9.13 Å². The zero-order chi connectivity index (χ0) is 27.6. The number of hydrogen-bond acceptors (Lipinski definition) is 0. The second-order valence-electron chi connectivity index (χ2n) is 11.0. The Morgan fingerprint density at radius 2 is 1.02 bits per heavy atom. The van der Waals surface area contributed by atoms with Crippen molar-refractivity contribution < 1.29 is 0 Å². The van der Waals surface area contributed by atoms with Gasteiger partial charge in [0.05, 0.1) is 16.6 Å². The van der Waals surface area contributed by atoms with Gasteiger partial charge in [0.1, 0.15) is 0 Å². The van der Waals surface area contributed by atoms with Gasteiger partial charge in [0.15, 0.2) is 0 Å². The predicted molar refractivity (Wildman–Crippen MR) is 178 cm³/mol. The van der Waals surface area contributed by atoms with E-state index in [9.17, 15) is 0 Å². The van der Waals surface area contributed by atoms with E-state index in [1.165, 1.54) is 76.8 Å². The average Bonchev–Trinajstić information content (AvgIpc) is 3.66. The number of fused-ring (bicyclic) bond motifs is 9. The van der Waals surface area contributed by atoms with Crippen LogP contribution in [0.1, 0.15) is 0 Å². The molecule has 0 saturated carbocycles. The molecule has 2 heteroatoms. The van der Waals surface area contributed by atoms with Crippen LogP contribution in [0, 0.1) is 0 Å². The summed E-state index contributed by atoms with van der Waals surface area (Å²) in [5.74, 6) is 0. The van der Waals surface area contributed by atoms with Crippen molar-refractivity contribution in [1.29, 1.82) is 0 Å². The predicted octanol–water partition coefficient (Wildman–Crippen LogP) is 10.7. The van der Waals surface area contributed by atoms with Crippen LogP contribution in [0.3, 0.4) is 0 Å². The number of hydrogen-bond donors (Lipinski definition) is 0. The highest BCUT2D eigenvalue weighted by Crippen LogP contribution is 2.42. The van der Waals surface area contributed by atoms with Crippen LogP contribution >= 0.6 is 0 Å². The smallest absolute Gasteiger partial charge is 0.0607 e. The molecule has 2 aromatic heterocycles. The molecule has 0 fully saturated rings. The maximum absolute atomic E-state index is 2.45. The molecule has 9 rings (SSSR count). The quantitative estimate of drug-likeness (QED) is 0.213. The molecule has 196 valence electrons. The van der Waals surface area contributed by atoms with E-state index in [0.717, 1.165) is 0 Å². The highest BCUT2D eigenvalue weighted by molar-refractivity contribution is 6.30. The number of rotatable bonds is 3. The summed E-state index contributed by atoms with van der Waals surface area (Å²) in [6.45, 7) is 0. The van der Waals surface area contributed by atoms with Crippen LogP contribution in [-0.2, 0) is 0 Å².